The summed E-state index contributed by atoms with van der Waals surface area (Å²) in [6.07, 6.45) is 0. The molecule has 0 aliphatic carbocycles. The van der Waals surface area contributed by atoms with Crippen LogP contribution in [0.5, 0.6) is 0 Å². The fourth-order valence-corrected chi connectivity index (χ4v) is 2.09. The first-order chi connectivity index (χ1) is 6.66. The summed E-state index contributed by atoms with van der Waals surface area (Å²) in [6.45, 7) is 4.02. The van der Waals surface area contributed by atoms with E-state index in [0.29, 0.717) is 0 Å². The van der Waals surface area contributed by atoms with Gasteiger partial charge in [-0.15, -0.1) is 11.3 Å². The number of aromatic nitrogens is 1. The van der Waals surface area contributed by atoms with Gasteiger partial charge in [0.25, 0.3) is 0 Å². The average molecular weight is 204 g/mol. The van der Waals surface area contributed by atoms with E-state index in [2.05, 4.69) is 16.4 Å². The molecule has 0 bridgehead atoms. The third-order valence-electron chi connectivity index (χ3n) is 2.14. The number of nitrogens with two attached hydrogens (primary N) is 1. The molecule has 0 radical (unpaired) electrons. The Morgan fingerprint density at radius 3 is 2.64 bits per heavy atom. The SMILES string of the molecule is Cc1csc(-c2ccc(N)c(C)c2)n1. The summed E-state index contributed by atoms with van der Waals surface area (Å²) in [5.74, 6) is 0. The highest BCUT2D eigenvalue weighted by Gasteiger charge is 2.03. The monoisotopic (exact) mass is 204 g/mol. The number of aryl methyl sites for hydroxylation is 2. The quantitative estimate of drug-likeness (QED) is 0.725. The third kappa shape index (κ3) is 1.63. The minimum Gasteiger partial charge on any atom is -0.399 e. The van der Waals surface area contributed by atoms with Crippen LogP contribution in [0.3, 0.4) is 0 Å². The van der Waals surface area contributed by atoms with Gasteiger partial charge >= 0.3 is 0 Å². The summed E-state index contributed by atoms with van der Waals surface area (Å²) >= 11 is 1.67. The summed E-state index contributed by atoms with van der Waals surface area (Å²) in [4.78, 5) is 4.43. The molecule has 0 amide bonds. The van der Waals surface area contributed by atoms with Gasteiger partial charge in [0.15, 0.2) is 0 Å². The molecule has 0 saturated carbocycles. The van der Waals surface area contributed by atoms with Gasteiger partial charge in [0.05, 0.1) is 0 Å². The van der Waals surface area contributed by atoms with E-state index in [9.17, 15) is 0 Å². The van der Waals surface area contributed by atoms with Crippen molar-refractivity contribution in [3.05, 3.63) is 34.8 Å². The topological polar surface area (TPSA) is 38.9 Å². The van der Waals surface area contributed by atoms with Crippen molar-refractivity contribution in [2.24, 2.45) is 0 Å². The Hall–Kier alpha value is -1.35. The summed E-state index contributed by atoms with van der Waals surface area (Å²) in [7, 11) is 0. The molecule has 14 heavy (non-hydrogen) atoms. The van der Waals surface area contributed by atoms with Gasteiger partial charge < -0.3 is 5.73 Å². The molecular formula is C11H12N2S. The molecule has 0 saturated heterocycles. The second kappa shape index (κ2) is 3.42. The van der Waals surface area contributed by atoms with Crippen LogP contribution in [0.4, 0.5) is 5.69 Å². The third-order valence-corrected chi connectivity index (χ3v) is 3.14. The maximum atomic E-state index is 5.75. The zero-order valence-electron chi connectivity index (χ0n) is 8.24. The number of hydrogen-bond acceptors (Lipinski definition) is 3. The number of anilines is 1. The first-order valence-corrected chi connectivity index (χ1v) is 5.33. The lowest BCUT2D eigenvalue weighted by Crippen LogP contribution is -1.89. The van der Waals surface area contributed by atoms with Crippen LogP contribution in [0.15, 0.2) is 23.6 Å². The average Bonchev–Trinajstić information content (AvgIpc) is 2.57. The number of nitrogens with zero attached hydrogens (tertiary/aromatic N) is 1. The summed E-state index contributed by atoms with van der Waals surface area (Å²) in [5.41, 5.74) is 9.91. The van der Waals surface area contributed by atoms with Crippen molar-refractivity contribution < 1.29 is 0 Å². The Morgan fingerprint density at radius 1 is 1.29 bits per heavy atom. The molecular weight excluding hydrogens is 192 g/mol. The normalized spacial score (nSPS) is 10.4. The summed E-state index contributed by atoms with van der Waals surface area (Å²) in [6, 6.07) is 6.02. The van der Waals surface area contributed by atoms with Crippen molar-refractivity contribution in [2.75, 3.05) is 5.73 Å². The second-order valence-corrected chi connectivity index (χ2v) is 4.22. The van der Waals surface area contributed by atoms with Crippen LogP contribution in [-0.2, 0) is 0 Å². The highest BCUT2D eigenvalue weighted by Crippen LogP contribution is 2.26. The van der Waals surface area contributed by atoms with E-state index in [1.807, 2.05) is 26.0 Å². The molecule has 2 N–H and O–H groups in total. The van der Waals surface area contributed by atoms with E-state index in [-0.39, 0.29) is 0 Å². The van der Waals surface area contributed by atoms with E-state index < -0.39 is 0 Å². The lowest BCUT2D eigenvalue weighted by Gasteiger charge is -2.01. The Kier molecular flexibility index (Phi) is 2.25. The summed E-state index contributed by atoms with van der Waals surface area (Å²) in [5, 5.41) is 3.12. The van der Waals surface area contributed by atoms with Gasteiger partial charge in [-0.2, -0.15) is 0 Å². The number of rotatable bonds is 1. The molecule has 0 unspecified atom stereocenters. The first-order valence-electron chi connectivity index (χ1n) is 4.45. The molecule has 0 atom stereocenters. The maximum absolute atomic E-state index is 5.75. The Labute approximate surface area is 87.4 Å². The molecule has 0 spiro atoms. The van der Waals surface area contributed by atoms with Gasteiger partial charge in [0.2, 0.25) is 0 Å². The van der Waals surface area contributed by atoms with Crippen LogP contribution in [0.1, 0.15) is 11.3 Å². The minimum absolute atomic E-state index is 0.835. The molecule has 3 heteroatoms. The van der Waals surface area contributed by atoms with E-state index in [1.54, 1.807) is 11.3 Å². The van der Waals surface area contributed by atoms with E-state index in [4.69, 9.17) is 5.73 Å². The van der Waals surface area contributed by atoms with Crippen LogP contribution < -0.4 is 5.73 Å². The Bertz CT molecular complexity index is 460. The zero-order valence-corrected chi connectivity index (χ0v) is 9.06. The van der Waals surface area contributed by atoms with Crippen molar-refractivity contribution in [3.63, 3.8) is 0 Å². The molecule has 1 aromatic carbocycles. The number of hydrogen-bond donors (Lipinski definition) is 1. The van der Waals surface area contributed by atoms with Crippen LogP contribution in [0.25, 0.3) is 10.6 Å². The molecule has 0 fully saturated rings. The summed E-state index contributed by atoms with van der Waals surface area (Å²) < 4.78 is 0. The standard InChI is InChI=1S/C11H12N2S/c1-7-5-9(3-4-10(7)12)11-13-8(2)6-14-11/h3-6H,12H2,1-2H3. The van der Waals surface area contributed by atoms with Crippen LogP contribution in [-0.4, -0.2) is 4.98 Å². The van der Waals surface area contributed by atoms with E-state index >= 15 is 0 Å². The number of benzene rings is 1. The van der Waals surface area contributed by atoms with Gasteiger partial charge in [-0.3, -0.25) is 0 Å². The van der Waals surface area contributed by atoms with Crippen molar-refractivity contribution in [3.8, 4) is 10.6 Å². The predicted molar refractivity (Wildman–Crippen MR) is 61.4 cm³/mol. The van der Waals surface area contributed by atoms with Crippen molar-refractivity contribution in [1.29, 1.82) is 0 Å². The zero-order chi connectivity index (χ0) is 10.1. The van der Waals surface area contributed by atoms with Gasteiger partial charge in [-0.25, -0.2) is 4.98 Å². The molecule has 0 aliphatic rings. The number of thiazole rings is 1. The number of nitrogen functional groups attached to an aromatic ring is 1. The van der Waals surface area contributed by atoms with Crippen LogP contribution in [0.2, 0.25) is 0 Å². The Balaban J connectivity index is 2.47. The fraction of sp³-hybridized carbons (Fsp3) is 0.182. The van der Waals surface area contributed by atoms with E-state index in [1.165, 1.54) is 0 Å². The smallest absolute Gasteiger partial charge is 0.123 e. The predicted octanol–water partition coefficient (Wildman–Crippen LogP) is 3.01. The van der Waals surface area contributed by atoms with Crippen molar-refractivity contribution in [1.82, 2.24) is 4.98 Å². The molecule has 2 nitrogen and oxygen atoms in total. The van der Waals surface area contributed by atoms with E-state index in [0.717, 1.165) is 27.5 Å². The lowest BCUT2D eigenvalue weighted by atomic mass is 10.1. The van der Waals surface area contributed by atoms with Crippen LogP contribution in [0, 0.1) is 13.8 Å². The van der Waals surface area contributed by atoms with Gasteiger partial charge in [-0.1, -0.05) is 0 Å². The molecule has 2 rings (SSSR count). The maximum Gasteiger partial charge on any atom is 0.123 e. The van der Waals surface area contributed by atoms with Gasteiger partial charge in [0.1, 0.15) is 5.01 Å². The highest BCUT2D eigenvalue weighted by atomic mass is 32.1. The molecule has 2 aromatic rings. The second-order valence-electron chi connectivity index (χ2n) is 3.37. The fourth-order valence-electron chi connectivity index (χ4n) is 1.30. The minimum atomic E-state index is 0.835. The van der Waals surface area contributed by atoms with Crippen molar-refractivity contribution >= 4 is 17.0 Å². The van der Waals surface area contributed by atoms with Crippen molar-refractivity contribution in [2.45, 2.75) is 13.8 Å². The molecule has 1 heterocycles. The molecule has 1 aromatic heterocycles. The van der Waals surface area contributed by atoms with Crippen LogP contribution >= 0.6 is 11.3 Å². The highest BCUT2D eigenvalue weighted by molar-refractivity contribution is 7.13. The molecule has 72 valence electrons. The van der Waals surface area contributed by atoms with Gasteiger partial charge in [0, 0.05) is 22.3 Å². The Morgan fingerprint density at radius 2 is 2.07 bits per heavy atom. The first kappa shape index (κ1) is 9.21. The largest absolute Gasteiger partial charge is 0.399 e. The lowest BCUT2D eigenvalue weighted by molar-refractivity contribution is 1.27. The molecule has 0 aliphatic heterocycles. The van der Waals surface area contributed by atoms with Gasteiger partial charge in [-0.05, 0) is 37.6 Å².